The molecule has 3 rings (SSSR count). The van der Waals surface area contributed by atoms with E-state index in [2.05, 4.69) is 88.4 Å². The van der Waals surface area contributed by atoms with Gasteiger partial charge < -0.3 is 19.0 Å². The van der Waals surface area contributed by atoms with Crippen molar-refractivity contribution in [2.24, 2.45) is 5.92 Å². The summed E-state index contributed by atoms with van der Waals surface area (Å²) >= 11 is 0. The molecule has 0 bridgehead atoms. The van der Waals surface area contributed by atoms with Gasteiger partial charge in [0.25, 0.3) is 8.32 Å². The molecule has 4 nitrogen and oxygen atoms in total. The molecule has 0 unspecified atom stereocenters. The quantitative estimate of drug-likeness (QED) is 0.586. The number of aliphatic hydroxyl groups is 1. The summed E-state index contributed by atoms with van der Waals surface area (Å²) in [5.74, 6) is -0.780. The predicted octanol–water partition coefficient (Wildman–Crippen LogP) is 4.88. The monoisotopic (exact) mass is 470 g/mol. The van der Waals surface area contributed by atoms with Gasteiger partial charge in [-0.1, -0.05) is 95.3 Å². The van der Waals surface area contributed by atoms with Crippen LogP contribution in [0.3, 0.4) is 0 Å². The van der Waals surface area contributed by atoms with Gasteiger partial charge in [0.1, 0.15) is 5.60 Å². The van der Waals surface area contributed by atoms with E-state index in [1.807, 2.05) is 27.7 Å². The number of benzene rings is 2. The highest BCUT2D eigenvalue weighted by Gasteiger charge is 2.54. The molecular weight excluding hydrogens is 428 g/mol. The van der Waals surface area contributed by atoms with E-state index in [-0.39, 0.29) is 17.1 Å². The normalized spacial score (nSPS) is 26.7. The molecule has 0 aliphatic carbocycles. The Morgan fingerprint density at radius 3 is 1.85 bits per heavy atom. The van der Waals surface area contributed by atoms with E-state index in [9.17, 15) is 5.11 Å². The summed E-state index contributed by atoms with van der Waals surface area (Å²) in [6, 6.07) is 21.3. The van der Waals surface area contributed by atoms with Crippen LogP contribution in [0.25, 0.3) is 0 Å². The Kier molecular flexibility index (Phi) is 7.62. The smallest absolute Gasteiger partial charge is 0.261 e. The molecule has 1 fully saturated rings. The van der Waals surface area contributed by atoms with Crippen LogP contribution < -0.4 is 10.4 Å². The standard InChI is InChI=1S/C28H42O4Si/c1-9-24-28(8,29)25(32-27(6,7)31-24)21(2)20-30-33(26(3,4)5,22-16-12-10-13-17-22)23-18-14-11-15-19-23/h10-19,21,24-25,29H,9,20H2,1-8H3/t21-,24+,25+,28+/m0/s1. The van der Waals surface area contributed by atoms with Gasteiger partial charge in [0, 0.05) is 12.5 Å². The summed E-state index contributed by atoms with van der Waals surface area (Å²) in [6.07, 6.45) is 0.0319. The third-order valence-electron chi connectivity index (χ3n) is 6.93. The maximum atomic E-state index is 11.4. The molecule has 1 heterocycles. The molecule has 0 radical (unpaired) electrons. The van der Waals surface area contributed by atoms with E-state index >= 15 is 0 Å². The maximum Gasteiger partial charge on any atom is 0.261 e. The second-order valence-electron chi connectivity index (χ2n) is 11.1. The SMILES string of the molecule is CC[C@H]1OC(C)(C)O[C@H]([C@@H](C)CO[Si](c2ccccc2)(c2ccccc2)C(C)(C)C)[C@]1(C)O. The lowest BCUT2D eigenvalue weighted by Gasteiger charge is -2.52. The molecule has 1 aliphatic rings. The molecule has 1 aliphatic heterocycles. The zero-order valence-electron chi connectivity index (χ0n) is 21.6. The minimum atomic E-state index is -2.65. The molecule has 0 saturated carbocycles. The zero-order chi connectivity index (χ0) is 24.5. The van der Waals surface area contributed by atoms with Crippen LogP contribution in [0, 0.1) is 5.92 Å². The van der Waals surface area contributed by atoms with Crippen LogP contribution >= 0.6 is 0 Å². The van der Waals surface area contributed by atoms with E-state index in [0.29, 0.717) is 6.61 Å². The van der Waals surface area contributed by atoms with E-state index in [4.69, 9.17) is 13.9 Å². The van der Waals surface area contributed by atoms with Crippen molar-refractivity contribution < 1.29 is 19.0 Å². The Morgan fingerprint density at radius 1 is 0.939 bits per heavy atom. The molecule has 182 valence electrons. The second-order valence-corrected chi connectivity index (χ2v) is 15.4. The zero-order valence-corrected chi connectivity index (χ0v) is 22.6. The van der Waals surface area contributed by atoms with Gasteiger partial charge in [-0.2, -0.15) is 0 Å². The average Bonchev–Trinajstić information content (AvgIpc) is 2.76. The second kappa shape index (κ2) is 9.63. The minimum absolute atomic E-state index is 0.0288. The molecule has 2 aromatic carbocycles. The third-order valence-corrected chi connectivity index (χ3v) is 11.9. The van der Waals surface area contributed by atoms with Gasteiger partial charge in [0.05, 0.1) is 12.2 Å². The maximum absolute atomic E-state index is 11.4. The van der Waals surface area contributed by atoms with Crippen molar-refractivity contribution in [3.63, 3.8) is 0 Å². The topological polar surface area (TPSA) is 47.9 Å². The molecule has 1 saturated heterocycles. The molecule has 1 N–H and O–H groups in total. The van der Waals surface area contributed by atoms with Crippen molar-refractivity contribution in [1.29, 1.82) is 0 Å². The Morgan fingerprint density at radius 2 is 1.42 bits per heavy atom. The molecular formula is C28H42O4Si. The van der Waals surface area contributed by atoms with Crippen LogP contribution in [0.5, 0.6) is 0 Å². The van der Waals surface area contributed by atoms with Crippen LogP contribution in [0.4, 0.5) is 0 Å². The Labute approximate surface area is 201 Å². The number of hydrogen-bond acceptors (Lipinski definition) is 4. The van der Waals surface area contributed by atoms with E-state index < -0.39 is 25.8 Å². The number of ether oxygens (including phenoxy) is 2. The van der Waals surface area contributed by atoms with Gasteiger partial charge in [-0.15, -0.1) is 0 Å². The van der Waals surface area contributed by atoms with Crippen molar-refractivity contribution in [3.05, 3.63) is 60.7 Å². The Bertz CT molecular complexity index is 850. The Hall–Kier alpha value is -1.50. The third kappa shape index (κ3) is 5.13. The van der Waals surface area contributed by atoms with Crippen LogP contribution in [0.2, 0.25) is 5.04 Å². The Balaban J connectivity index is 1.99. The molecule has 0 aromatic heterocycles. The first kappa shape index (κ1) is 26.1. The first-order valence-electron chi connectivity index (χ1n) is 12.2. The van der Waals surface area contributed by atoms with Crippen molar-refractivity contribution in [2.45, 2.75) is 90.4 Å². The summed E-state index contributed by atoms with van der Waals surface area (Å²) in [5.41, 5.74) is -1.10. The largest absolute Gasteiger partial charge is 0.407 e. The lowest BCUT2D eigenvalue weighted by Crippen LogP contribution is -2.68. The van der Waals surface area contributed by atoms with Crippen LogP contribution in [-0.4, -0.2) is 43.6 Å². The van der Waals surface area contributed by atoms with E-state index in [1.54, 1.807) is 0 Å². The number of hydrogen-bond donors (Lipinski definition) is 1. The molecule has 5 heteroatoms. The first-order chi connectivity index (χ1) is 15.3. The van der Waals surface area contributed by atoms with Crippen molar-refractivity contribution in [2.75, 3.05) is 6.61 Å². The average molecular weight is 471 g/mol. The van der Waals surface area contributed by atoms with Gasteiger partial charge in [-0.25, -0.2) is 0 Å². The summed E-state index contributed by atoms with van der Waals surface area (Å²) in [5, 5.41) is 13.8. The summed E-state index contributed by atoms with van der Waals surface area (Å²) < 4.78 is 19.5. The van der Waals surface area contributed by atoms with E-state index in [0.717, 1.165) is 6.42 Å². The lowest BCUT2D eigenvalue weighted by molar-refractivity contribution is -0.368. The summed E-state index contributed by atoms with van der Waals surface area (Å²) in [6.45, 7) is 17.2. The van der Waals surface area contributed by atoms with Crippen LogP contribution in [-0.2, 0) is 13.9 Å². The molecule has 2 aromatic rings. The molecule has 33 heavy (non-hydrogen) atoms. The predicted molar refractivity (Wildman–Crippen MR) is 137 cm³/mol. The van der Waals surface area contributed by atoms with Crippen molar-refractivity contribution >= 4 is 18.7 Å². The van der Waals surface area contributed by atoms with Crippen molar-refractivity contribution in [1.82, 2.24) is 0 Å². The van der Waals surface area contributed by atoms with Crippen molar-refractivity contribution in [3.8, 4) is 0 Å². The fraction of sp³-hybridized carbons (Fsp3) is 0.571. The highest BCUT2D eigenvalue weighted by Crippen LogP contribution is 2.41. The fourth-order valence-corrected chi connectivity index (χ4v) is 10.1. The van der Waals surface area contributed by atoms with Gasteiger partial charge in [-0.3, -0.25) is 0 Å². The summed E-state index contributed by atoms with van der Waals surface area (Å²) in [4.78, 5) is 0. The molecule has 4 atom stereocenters. The highest BCUT2D eigenvalue weighted by molar-refractivity contribution is 6.99. The van der Waals surface area contributed by atoms with Crippen LogP contribution in [0.15, 0.2) is 60.7 Å². The van der Waals surface area contributed by atoms with Gasteiger partial charge >= 0.3 is 0 Å². The number of rotatable bonds is 7. The molecule has 0 spiro atoms. The minimum Gasteiger partial charge on any atom is -0.407 e. The van der Waals surface area contributed by atoms with Gasteiger partial charge in [-0.05, 0) is 42.6 Å². The molecule has 0 amide bonds. The highest BCUT2D eigenvalue weighted by atomic mass is 28.4. The van der Waals surface area contributed by atoms with E-state index in [1.165, 1.54) is 10.4 Å². The fourth-order valence-electron chi connectivity index (χ4n) is 5.39. The lowest BCUT2D eigenvalue weighted by atomic mass is 9.82. The van der Waals surface area contributed by atoms with Gasteiger partial charge in [0.15, 0.2) is 5.79 Å². The van der Waals surface area contributed by atoms with Gasteiger partial charge in [0.2, 0.25) is 0 Å². The van der Waals surface area contributed by atoms with Crippen LogP contribution in [0.1, 0.15) is 61.8 Å². The summed E-state index contributed by atoms with van der Waals surface area (Å²) in [7, 11) is -2.65. The first-order valence-corrected chi connectivity index (χ1v) is 14.1.